The van der Waals surface area contributed by atoms with E-state index in [9.17, 15) is 9.59 Å². The molecule has 136 valence electrons. The highest BCUT2D eigenvalue weighted by Gasteiger charge is 2.19. The van der Waals surface area contributed by atoms with E-state index in [0.717, 1.165) is 23.3 Å². The second kappa shape index (κ2) is 7.55. The molecule has 2 rings (SSSR count). The predicted molar refractivity (Wildman–Crippen MR) is 97.6 cm³/mol. The first-order chi connectivity index (χ1) is 11.7. The average molecular weight is 346 g/mol. The number of nitrogens with one attached hydrogen (secondary N) is 2. The van der Waals surface area contributed by atoms with E-state index in [1.165, 1.54) is 6.92 Å². The third-order valence-electron chi connectivity index (χ3n) is 3.48. The number of carbonyl (C=O) groups is 2. The zero-order chi connectivity index (χ0) is 18.6. The summed E-state index contributed by atoms with van der Waals surface area (Å²) < 4.78 is 5.33. The summed E-state index contributed by atoms with van der Waals surface area (Å²) in [6.07, 6.45) is 1.12. The Bertz CT molecular complexity index is 761. The van der Waals surface area contributed by atoms with Gasteiger partial charge in [0.25, 0.3) is 0 Å². The van der Waals surface area contributed by atoms with Gasteiger partial charge in [-0.2, -0.15) is 0 Å². The van der Waals surface area contributed by atoms with Crippen molar-refractivity contribution in [2.24, 2.45) is 0 Å². The van der Waals surface area contributed by atoms with Crippen LogP contribution < -0.4 is 5.32 Å². The van der Waals surface area contributed by atoms with Crippen molar-refractivity contribution in [1.82, 2.24) is 14.9 Å². The number of aryl methyl sites for hydroxylation is 1. The molecular formula is C18H26N4O3. The lowest BCUT2D eigenvalue weighted by Gasteiger charge is -2.24. The number of anilines is 1. The topological polar surface area (TPSA) is 87.3 Å². The van der Waals surface area contributed by atoms with E-state index in [2.05, 4.69) is 15.3 Å². The van der Waals surface area contributed by atoms with Crippen molar-refractivity contribution in [3.63, 3.8) is 0 Å². The number of benzene rings is 1. The Labute approximate surface area is 147 Å². The van der Waals surface area contributed by atoms with Crippen LogP contribution in [0.1, 0.15) is 39.9 Å². The molecule has 0 spiro atoms. The molecule has 0 bridgehead atoms. The van der Waals surface area contributed by atoms with Gasteiger partial charge < -0.3 is 19.9 Å². The first-order valence-electron chi connectivity index (χ1n) is 8.35. The van der Waals surface area contributed by atoms with Crippen LogP contribution in [0.4, 0.5) is 10.5 Å². The van der Waals surface area contributed by atoms with Gasteiger partial charge in [0.05, 0.1) is 11.2 Å². The fraction of sp³-hybridized carbons (Fsp3) is 0.500. The number of aromatic nitrogens is 2. The summed E-state index contributed by atoms with van der Waals surface area (Å²) in [7, 11) is 1.72. The van der Waals surface area contributed by atoms with E-state index in [1.54, 1.807) is 11.9 Å². The maximum absolute atomic E-state index is 11.9. The van der Waals surface area contributed by atoms with Crippen LogP contribution in [0.2, 0.25) is 0 Å². The molecule has 0 aliphatic rings. The minimum absolute atomic E-state index is 0.129. The summed E-state index contributed by atoms with van der Waals surface area (Å²) in [6.45, 7) is 7.59. The first kappa shape index (κ1) is 18.8. The Balaban J connectivity index is 1.95. The molecule has 0 aliphatic heterocycles. The highest BCUT2D eigenvalue weighted by atomic mass is 16.6. The average Bonchev–Trinajstić information content (AvgIpc) is 2.88. The molecule has 0 radical (unpaired) electrons. The van der Waals surface area contributed by atoms with Crippen LogP contribution in [0.3, 0.4) is 0 Å². The van der Waals surface area contributed by atoms with E-state index in [-0.39, 0.29) is 12.0 Å². The molecule has 2 amide bonds. The Morgan fingerprint density at radius 2 is 2.04 bits per heavy atom. The number of nitrogens with zero attached hydrogens (tertiary/aromatic N) is 2. The Morgan fingerprint density at radius 1 is 1.32 bits per heavy atom. The number of hydrogen-bond donors (Lipinski definition) is 2. The lowest BCUT2D eigenvalue weighted by Crippen LogP contribution is -2.34. The normalized spacial score (nSPS) is 11.4. The van der Waals surface area contributed by atoms with Crippen LogP contribution in [0.15, 0.2) is 18.2 Å². The number of hydrogen-bond acceptors (Lipinski definition) is 4. The predicted octanol–water partition coefficient (Wildman–Crippen LogP) is 3.32. The van der Waals surface area contributed by atoms with Gasteiger partial charge in [-0.25, -0.2) is 9.78 Å². The molecule has 25 heavy (non-hydrogen) atoms. The van der Waals surface area contributed by atoms with Crippen molar-refractivity contribution in [2.75, 3.05) is 18.9 Å². The van der Waals surface area contributed by atoms with E-state index < -0.39 is 5.60 Å². The van der Waals surface area contributed by atoms with Crippen molar-refractivity contribution in [2.45, 2.75) is 46.1 Å². The minimum atomic E-state index is -0.496. The molecule has 1 aromatic carbocycles. The largest absolute Gasteiger partial charge is 0.444 e. The van der Waals surface area contributed by atoms with Gasteiger partial charge in [0.2, 0.25) is 5.91 Å². The Kier molecular flexibility index (Phi) is 5.66. The van der Waals surface area contributed by atoms with Crippen LogP contribution in [-0.4, -0.2) is 46.1 Å². The number of ether oxygens (including phenoxy) is 1. The van der Waals surface area contributed by atoms with E-state index >= 15 is 0 Å². The SMILES string of the molecule is CC(=O)Nc1cccc2[nH]c(CCCN(C)C(=O)OC(C)(C)C)nc12. The van der Waals surface area contributed by atoms with Crippen LogP contribution in [0.25, 0.3) is 11.0 Å². The zero-order valence-electron chi connectivity index (χ0n) is 15.5. The van der Waals surface area contributed by atoms with Gasteiger partial charge >= 0.3 is 6.09 Å². The van der Waals surface area contributed by atoms with Crippen molar-refractivity contribution < 1.29 is 14.3 Å². The van der Waals surface area contributed by atoms with Gasteiger partial charge in [-0.3, -0.25) is 4.79 Å². The third-order valence-corrected chi connectivity index (χ3v) is 3.48. The second-order valence-electron chi connectivity index (χ2n) is 7.07. The highest BCUT2D eigenvalue weighted by molar-refractivity contribution is 5.98. The minimum Gasteiger partial charge on any atom is -0.444 e. The lowest BCUT2D eigenvalue weighted by atomic mass is 10.2. The molecule has 7 heteroatoms. The van der Waals surface area contributed by atoms with Gasteiger partial charge in [0.1, 0.15) is 16.9 Å². The van der Waals surface area contributed by atoms with Gasteiger partial charge in [-0.1, -0.05) is 6.07 Å². The number of imidazole rings is 1. The van der Waals surface area contributed by atoms with Crippen molar-refractivity contribution in [3.05, 3.63) is 24.0 Å². The van der Waals surface area contributed by atoms with Crippen molar-refractivity contribution in [1.29, 1.82) is 0 Å². The Morgan fingerprint density at radius 3 is 2.68 bits per heavy atom. The second-order valence-corrected chi connectivity index (χ2v) is 7.07. The van der Waals surface area contributed by atoms with E-state index in [4.69, 9.17) is 4.74 Å². The first-order valence-corrected chi connectivity index (χ1v) is 8.35. The fourth-order valence-corrected chi connectivity index (χ4v) is 2.41. The monoisotopic (exact) mass is 346 g/mol. The summed E-state index contributed by atoms with van der Waals surface area (Å²) in [4.78, 5) is 32.6. The summed E-state index contributed by atoms with van der Waals surface area (Å²) in [5, 5.41) is 2.78. The number of carbonyl (C=O) groups excluding carboxylic acids is 2. The van der Waals surface area contributed by atoms with Crippen LogP contribution in [0.5, 0.6) is 0 Å². The standard InChI is InChI=1S/C18H26N4O3/c1-12(23)19-13-8-6-9-14-16(13)21-15(20-14)10-7-11-22(5)17(24)25-18(2,3)4/h6,8-9H,7,10-11H2,1-5H3,(H,19,23)(H,20,21). The number of fused-ring (bicyclic) bond motifs is 1. The molecule has 0 saturated carbocycles. The van der Waals surface area contributed by atoms with E-state index in [0.29, 0.717) is 18.7 Å². The smallest absolute Gasteiger partial charge is 0.410 e. The molecule has 2 aromatic rings. The third kappa shape index (κ3) is 5.48. The maximum atomic E-state index is 11.9. The van der Waals surface area contributed by atoms with Crippen LogP contribution in [-0.2, 0) is 16.0 Å². The molecule has 1 heterocycles. The maximum Gasteiger partial charge on any atom is 0.410 e. The molecule has 0 atom stereocenters. The van der Waals surface area contributed by atoms with Crippen LogP contribution in [0, 0.1) is 0 Å². The van der Waals surface area contributed by atoms with Gasteiger partial charge in [0, 0.05) is 26.9 Å². The molecule has 1 aromatic heterocycles. The molecule has 0 fully saturated rings. The molecule has 0 unspecified atom stereocenters. The lowest BCUT2D eigenvalue weighted by molar-refractivity contribution is -0.114. The van der Waals surface area contributed by atoms with Crippen molar-refractivity contribution in [3.8, 4) is 0 Å². The van der Waals surface area contributed by atoms with Crippen LogP contribution >= 0.6 is 0 Å². The summed E-state index contributed by atoms with van der Waals surface area (Å²) in [6, 6.07) is 5.61. The zero-order valence-corrected chi connectivity index (χ0v) is 15.5. The van der Waals surface area contributed by atoms with Gasteiger partial charge in [-0.05, 0) is 39.3 Å². The Hall–Kier alpha value is -2.57. The summed E-state index contributed by atoms with van der Waals surface area (Å²) in [5.41, 5.74) is 1.82. The molecule has 7 nitrogen and oxygen atoms in total. The molecule has 0 aliphatic carbocycles. The summed E-state index contributed by atoms with van der Waals surface area (Å²) in [5.74, 6) is 0.696. The number of aromatic amines is 1. The number of amides is 2. The molecule has 2 N–H and O–H groups in total. The molecular weight excluding hydrogens is 320 g/mol. The fourth-order valence-electron chi connectivity index (χ4n) is 2.41. The number of rotatable bonds is 5. The molecule has 0 saturated heterocycles. The quantitative estimate of drug-likeness (QED) is 0.869. The van der Waals surface area contributed by atoms with Gasteiger partial charge in [0.15, 0.2) is 0 Å². The number of H-pyrrole nitrogens is 1. The van der Waals surface area contributed by atoms with Crippen molar-refractivity contribution >= 4 is 28.7 Å². The van der Waals surface area contributed by atoms with E-state index in [1.807, 2.05) is 39.0 Å². The van der Waals surface area contributed by atoms with Gasteiger partial charge in [-0.15, -0.1) is 0 Å². The highest BCUT2D eigenvalue weighted by Crippen LogP contribution is 2.21. The number of para-hydroxylation sites is 1. The summed E-state index contributed by atoms with van der Waals surface area (Å²) >= 11 is 0.